The van der Waals surface area contributed by atoms with E-state index in [0.29, 0.717) is 24.5 Å². The zero-order chi connectivity index (χ0) is 27.1. The van der Waals surface area contributed by atoms with Gasteiger partial charge in [0.05, 0.1) is 17.8 Å². The number of aliphatic carboxylic acids is 1. The Hall–Kier alpha value is -3.69. The number of rotatable bonds is 11. The largest absolute Gasteiger partial charge is 0.481 e. The summed E-state index contributed by atoms with van der Waals surface area (Å²) in [6.07, 6.45) is 1.43. The van der Waals surface area contributed by atoms with Gasteiger partial charge in [0.15, 0.2) is 12.4 Å². The summed E-state index contributed by atoms with van der Waals surface area (Å²) in [5.41, 5.74) is 1.42. The van der Waals surface area contributed by atoms with Crippen molar-refractivity contribution in [1.82, 2.24) is 20.0 Å². The van der Waals surface area contributed by atoms with Crippen LogP contribution in [0.3, 0.4) is 0 Å². The lowest BCUT2D eigenvalue weighted by Crippen LogP contribution is -2.56. The van der Waals surface area contributed by atoms with Crippen LogP contribution in [0.15, 0.2) is 36.4 Å². The molecule has 10 nitrogen and oxygen atoms in total. The van der Waals surface area contributed by atoms with Crippen molar-refractivity contribution in [2.45, 2.75) is 65.5 Å². The maximum absolute atomic E-state index is 13.2. The smallest absolute Gasteiger partial charge is 0.305 e. The molecular formula is C27H36N4O6. The Kier molecular flexibility index (Phi) is 9.43. The number of benzene rings is 1. The van der Waals surface area contributed by atoms with Crippen LogP contribution >= 0.6 is 0 Å². The Labute approximate surface area is 217 Å². The number of amides is 2. The van der Waals surface area contributed by atoms with Gasteiger partial charge >= 0.3 is 5.97 Å². The monoisotopic (exact) mass is 512 g/mol. The summed E-state index contributed by atoms with van der Waals surface area (Å²) in [6.45, 7) is 7.54. The van der Waals surface area contributed by atoms with Gasteiger partial charge in [-0.3, -0.25) is 19.2 Å². The van der Waals surface area contributed by atoms with Crippen molar-refractivity contribution in [3.05, 3.63) is 42.1 Å². The van der Waals surface area contributed by atoms with Gasteiger partial charge in [-0.15, -0.1) is 0 Å². The summed E-state index contributed by atoms with van der Waals surface area (Å²) in [6, 6.07) is 8.88. The van der Waals surface area contributed by atoms with Crippen molar-refractivity contribution in [1.29, 1.82) is 0 Å². The van der Waals surface area contributed by atoms with Crippen LogP contribution in [0.25, 0.3) is 5.69 Å². The van der Waals surface area contributed by atoms with Crippen molar-refractivity contribution in [2.75, 3.05) is 13.2 Å². The Morgan fingerprint density at radius 2 is 1.84 bits per heavy atom. The van der Waals surface area contributed by atoms with Crippen molar-refractivity contribution in [2.24, 2.45) is 11.8 Å². The van der Waals surface area contributed by atoms with Gasteiger partial charge in [0, 0.05) is 18.5 Å². The highest BCUT2D eigenvalue weighted by Crippen LogP contribution is 2.23. The second-order valence-corrected chi connectivity index (χ2v) is 9.86. The molecule has 0 radical (unpaired) electrons. The summed E-state index contributed by atoms with van der Waals surface area (Å²) in [5, 5.41) is 16.4. The molecule has 0 saturated carbocycles. The van der Waals surface area contributed by atoms with Crippen molar-refractivity contribution < 1.29 is 29.0 Å². The fraction of sp³-hybridized carbons (Fsp3) is 0.519. The Morgan fingerprint density at radius 3 is 2.49 bits per heavy atom. The lowest BCUT2D eigenvalue weighted by molar-refractivity contribution is -0.147. The molecule has 1 aliphatic heterocycles. The zero-order valence-electron chi connectivity index (χ0n) is 21.8. The van der Waals surface area contributed by atoms with E-state index in [1.54, 1.807) is 22.6 Å². The van der Waals surface area contributed by atoms with Gasteiger partial charge in [-0.2, -0.15) is 5.10 Å². The molecule has 200 valence electrons. The molecule has 0 aliphatic carbocycles. The molecular weight excluding hydrogens is 476 g/mol. The number of carboxylic acid groups (broad SMARTS) is 1. The van der Waals surface area contributed by atoms with Gasteiger partial charge in [-0.1, -0.05) is 39.0 Å². The molecule has 1 fully saturated rings. The normalized spacial score (nSPS) is 17.2. The molecule has 37 heavy (non-hydrogen) atoms. The number of nitrogens with zero attached hydrogens (tertiary/aromatic N) is 3. The molecule has 1 aromatic heterocycles. The van der Waals surface area contributed by atoms with Crippen LogP contribution in [0, 0.1) is 18.8 Å². The summed E-state index contributed by atoms with van der Waals surface area (Å²) in [4.78, 5) is 52.3. The molecule has 0 unspecified atom stereocenters. The van der Waals surface area contributed by atoms with Gasteiger partial charge < -0.3 is 20.1 Å². The van der Waals surface area contributed by atoms with E-state index >= 15 is 0 Å². The summed E-state index contributed by atoms with van der Waals surface area (Å²) < 4.78 is 7.27. The maximum Gasteiger partial charge on any atom is 0.305 e. The van der Waals surface area contributed by atoms with E-state index < -0.39 is 42.8 Å². The van der Waals surface area contributed by atoms with Crippen molar-refractivity contribution in [3.63, 3.8) is 0 Å². The second kappa shape index (κ2) is 12.5. The predicted molar refractivity (Wildman–Crippen MR) is 136 cm³/mol. The Morgan fingerprint density at radius 1 is 1.14 bits per heavy atom. The Balaban J connectivity index is 1.71. The molecule has 1 aromatic carbocycles. The fourth-order valence-electron chi connectivity index (χ4n) is 4.28. The number of ketones is 1. The second-order valence-electron chi connectivity index (χ2n) is 9.86. The molecule has 2 N–H and O–H groups in total. The average molecular weight is 513 g/mol. The molecule has 1 aliphatic rings. The number of Topliss-reactive ketones (excluding diaryl/α,β-unsaturated/α-hetero) is 1. The van der Waals surface area contributed by atoms with Gasteiger partial charge in [-0.05, 0) is 44.2 Å². The van der Waals surface area contributed by atoms with Gasteiger partial charge in [0.2, 0.25) is 17.7 Å². The molecule has 2 aromatic rings. The number of para-hydroxylation sites is 1. The fourth-order valence-corrected chi connectivity index (χ4v) is 4.28. The third kappa shape index (κ3) is 7.18. The van der Waals surface area contributed by atoms with E-state index in [2.05, 4.69) is 10.4 Å². The van der Waals surface area contributed by atoms with Crippen molar-refractivity contribution >= 4 is 23.6 Å². The highest BCUT2D eigenvalue weighted by molar-refractivity contribution is 5.95. The number of carboxylic acids is 1. The molecule has 2 amide bonds. The number of nitrogens with one attached hydrogen (secondary N) is 1. The molecule has 2 heterocycles. The molecule has 1 saturated heterocycles. The van der Waals surface area contributed by atoms with Crippen LogP contribution < -0.4 is 10.1 Å². The standard InChI is InChI=1S/C27H36N4O6/c1-17(2)19(4)27(36)30-13-9-8-12-22(30)26(35)28-21(15-25(33)34)23(32)16-37-24-14-18(3)29-31(24)20-10-6-5-7-11-20/h5-7,10-11,14,17,19,21-22H,8-9,12-13,15-16H2,1-4H3,(H,28,35)(H,33,34)/t19-,21-,22-/m0/s1. The lowest BCUT2D eigenvalue weighted by Gasteiger charge is -2.37. The van der Waals surface area contributed by atoms with Crippen LogP contribution in [0.2, 0.25) is 0 Å². The van der Waals surface area contributed by atoms with E-state index in [9.17, 15) is 24.3 Å². The third-order valence-corrected chi connectivity index (χ3v) is 6.72. The number of aryl methyl sites for hydroxylation is 1. The topological polar surface area (TPSA) is 131 Å². The number of carbonyl (C=O) groups is 4. The lowest BCUT2D eigenvalue weighted by atomic mass is 9.93. The van der Waals surface area contributed by atoms with E-state index in [1.807, 2.05) is 51.1 Å². The number of hydrogen-bond donors (Lipinski definition) is 2. The van der Waals surface area contributed by atoms with Crippen LogP contribution in [0.5, 0.6) is 5.88 Å². The van der Waals surface area contributed by atoms with E-state index in [-0.39, 0.29) is 17.7 Å². The predicted octanol–water partition coefficient (Wildman–Crippen LogP) is 2.76. The van der Waals surface area contributed by atoms with Crippen LogP contribution in [0.4, 0.5) is 0 Å². The average Bonchev–Trinajstić information content (AvgIpc) is 3.26. The first kappa shape index (κ1) is 27.9. The number of aromatic nitrogens is 2. The first-order chi connectivity index (χ1) is 17.6. The molecule has 0 bridgehead atoms. The Bertz CT molecular complexity index is 1110. The number of ether oxygens (including phenoxy) is 1. The van der Waals surface area contributed by atoms with Gasteiger partial charge in [-0.25, -0.2) is 4.68 Å². The van der Waals surface area contributed by atoms with E-state index in [1.165, 1.54) is 0 Å². The SMILES string of the molecule is Cc1cc(OCC(=O)[C@H](CC(=O)O)NC(=O)[C@@H]2CCCCN2C(=O)[C@@H](C)C(C)C)n(-c2ccccc2)n1. The van der Waals surface area contributed by atoms with Crippen molar-refractivity contribution in [3.8, 4) is 11.6 Å². The molecule has 3 rings (SSSR count). The summed E-state index contributed by atoms with van der Waals surface area (Å²) in [7, 11) is 0. The number of carbonyl (C=O) groups excluding carboxylic acids is 3. The molecule has 10 heteroatoms. The molecule has 0 spiro atoms. The minimum atomic E-state index is -1.29. The van der Waals surface area contributed by atoms with Crippen LogP contribution in [0.1, 0.15) is 52.1 Å². The first-order valence-electron chi connectivity index (χ1n) is 12.7. The van der Waals surface area contributed by atoms with Gasteiger partial charge in [0.1, 0.15) is 12.1 Å². The number of hydrogen-bond acceptors (Lipinski definition) is 6. The summed E-state index contributed by atoms with van der Waals surface area (Å²) >= 11 is 0. The zero-order valence-corrected chi connectivity index (χ0v) is 21.8. The first-order valence-corrected chi connectivity index (χ1v) is 12.7. The number of piperidine rings is 1. The van der Waals surface area contributed by atoms with Crippen LogP contribution in [-0.2, 0) is 19.2 Å². The minimum Gasteiger partial charge on any atom is -0.481 e. The highest BCUT2D eigenvalue weighted by atomic mass is 16.5. The maximum atomic E-state index is 13.2. The summed E-state index contributed by atoms with van der Waals surface area (Å²) in [5.74, 6) is -2.25. The van der Waals surface area contributed by atoms with E-state index in [0.717, 1.165) is 18.5 Å². The third-order valence-electron chi connectivity index (χ3n) is 6.72. The quantitative estimate of drug-likeness (QED) is 0.473. The highest BCUT2D eigenvalue weighted by Gasteiger charge is 2.36. The van der Waals surface area contributed by atoms with Gasteiger partial charge in [0.25, 0.3) is 0 Å². The van der Waals surface area contributed by atoms with E-state index in [4.69, 9.17) is 4.74 Å². The minimum absolute atomic E-state index is 0.108. The molecule has 3 atom stereocenters. The number of likely N-dealkylation sites (tertiary alicyclic amines) is 1. The van der Waals surface area contributed by atoms with Crippen LogP contribution in [-0.4, -0.2) is 68.6 Å².